The van der Waals surface area contributed by atoms with Gasteiger partial charge in [-0.15, -0.1) is 12.4 Å². The van der Waals surface area contributed by atoms with Crippen molar-refractivity contribution >= 4 is 18.3 Å². The van der Waals surface area contributed by atoms with Crippen molar-refractivity contribution in [3.8, 4) is 0 Å². The zero-order valence-corrected chi connectivity index (χ0v) is 15.4. The maximum atomic E-state index is 13.1. The van der Waals surface area contributed by atoms with E-state index in [1.165, 1.54) is 12.1 Å². The lowest BCUT2D eigenvalue weighted by molar-refractivity contribution is 0.0921. The first kappa shape index (κ1) is 18.9. The fourth-order valence-corrected chi connectivity index (χ4v) is 3.94. The molecule has 4 rings (SSSR count). The highest BCUT2D eigenvalue weighted by Crippen LogP contribution is 2.29. The summed E-state index contributed by atoms with van der Waals surface area (Å²) in [6, 6.07) is 8.72. The lowest BCUT2D eigenvalue weighted by atomic mass is 9.94. The van der Waals surface area contributed by atoms with Crippen LogP contribution in [-0.4, -0.2) is 28.3 Å². The van der Waals surface area contributed by atoms with Gasteiger partial charge in [0.2, 0.25) is 0 Å². The van der Waals surface area contributed by atoms with E-state index in [1.54, 1.807) is 0 Å². The Labute approximate surface area is 158 Å². The molecule has 1 aliphatic heterocycles. The highest BCUT2D eigenvalue weighted by Gasteiger charge is 2.29. The Morgan fingerprint density at radius 3 is 2.88 bits per heavy atom. The van der Waals surface area contributed by atoms with Gasteiger partial charge in [0, 0.05) is 19.1 Å². The number of carbonyl (C=O) groups is 1. The fraction of sp³-hybridized carbons (Fsp3) is 0.474. The van der Waals surface area contributed by atoms with Crippen molar-refractivity contribution in [2.24, 2.45) is 5.92 Å². The molecule has 2 heterocycles. The summed E-state index contributed by atoms with van der Waals surface area (Å²) in [4.78, 5) is 12.6. The molecule has 0 unspecified atom stereocenters. The summed E-state index contributed by atoms with van der Waals surface area (Å²) in [6.45, 7) is 2.45. The average Bonchev–Trinajstić information content (AvgIpc) is 3.24. The third kappa shape index (κ3) is 4.07. The summed E-state index contributed by atoms with van der Waals surface area (Å²) in [5.74, 6) is 0.101. The summed E-state index contributed by atoms with van der Waals surface area (Å²) in [5, 5.41) is 10.9. The van der Waals surface area contributed by atoms with Crippen LogP contribution in [0.25, 0.3) is 0 Å². The SMILES string of the molecule is Cl.O=C(N[C@H]1CCC[C@H]1Cc1ccc(F)cc1)c1cc2n(n1)CCNC2. The fourth-order valence-electron chi connectivity index (χ4n) is 3.94. The molecule has 2 aliphatic rings. The van der Waals surface area contributed by atoms with Crippen molar-refractivity contribution in [2.45, 2.75) is 44.8 Å². The first-order valence-corrected chi connectivity index (χ1v) is 9.02. The number of fused-ring (bicyclic) bond motifs is 1. The number of hydrogen-bond acceptors (Lipinski definition) is 3. The average molecular weight is 379 g/mol. The molecule has 0 spiro atoms. The quantitative estimate of drug-likeness (QED) is 0.860. The standard InChI is InChI=1S/C19H23FN4O.ClH/c20-15-6-4-13(5-7-15)10-14-2-1-3-17(14)22-19(25)18-11-16-12-21-8-9-24(16)23-18;/h4-7,11,14,17,21H,1-3,8-10,12H2,(H,22,25);1H/t14-,17-;/m0./s1. The number of rotatable bonds is 4. The van der Waals surface area contributed by atoms with Crippen LogP contribution in [0, 0.1) is 11.7 Å². The maximum absolute atomic E-state index is 13.1. The molecular formula is C19H24ClFN4O. The number of nitrogens with one attached hydrogen (secondary N) is 2. The van der Waals surface area contributed by atoms with Crippen molar-refractivity contribution in [3.63, 3.8) is 0 Å². The van der Waals surface area contributed by atoms with E-state index in [0.717, 1.165) is 56.6 Å². The van der Waals surface area contributed by atoms with Gasteiger partial charge >= 0.3 is 0 Å². The Hall–Kier alpha value is -1.92. The lowest BCUT2D eigenvalue weighted by Gasteiger charge is -2.20. The topological polar surface area (TPSA) is 59.0 Å². The van der Waals surface area contributed by atoms with Crippen LogP contribution in [0.4, 0.5) is 4.39 Å². The Kier molecular flexibility index (Phi) is 5.94. The second kappa shape index (κ2) is 8.18. The van der Waals surface area contributed by atoms with Crippen molar-refractivity contribution in [1.82, 2.24) is 20.4 Å². The largest absolute Gasteiger partial charge is 0.348 e. The molecule has 1 aromatic carbocycles. The highest BCUT2D eigenvalue weighted by atomic mass is 35.5. The van der Waals surface area contributed by atoms with E-state index in [-0.39, 0.29) is 30.2 Å². The van der Waals surface area contributed by atoms with Gasteiger partial charge in [0.05, 0.1) is 12.2 Å². The molecule has 1 aliphatic carbocycles. The van der Waals surface area contributed by atoms with Gasteiger partial charge in [0.25, 0.3) is 5.91 Å². The molecule has 2 atom stereocenters. The normalized spacial score (nSPS) is 21.7. The van der Waals surface area contributed by atoms with Crippen LogP contribution in [0.2, 0.25) is 0 Å². The van der Waals surface area contributed by atoms with E-state index < -0.39 is 0 Å². The van der Waals surface area contributed by atoms with E-state index in [1.807, 2.05) is 22.9 Å². The Balaban J connectivity index is 0.00000196. The second-order valence-electron chi connectivity index (χ2n) is 7.02. The molecule has 1 amide bonds. The van der Waals surface area contributed by atoms with E-state index >= 15 is 0 Å². The van der Waals surface area contributed by atoms with Crippen molar-refractivity contribution in [2.75, 3.05) is 6.54 Å². The molecule has 140 valence electrons. The van der Waals surface area contributed by atoms with Gasteiger partial charge in [-0.1, -0.05) is 18.6 Å². The molecule has 0 saturated heterocycles. The predicted molar refractivity (Wildman–Crippen MR) is 99.9 cm³/mol. The van der Waals surface area contributed by atoms with Gasteiger partial charge in [-0.05, 0) is 48.9 Å². The van der Waals surface area contributed by atoms with Crippen molar-refractivity contribution in [1.29, 1.82) is 0 Å². The molecular weight excluding hydrogens is 355 g/mol. The number of nitrogens with zero attached hydrogens (tertiary/aromatic N) is 2. The van der Waals surface area contributed by atoms with Crippen LogP contribution in [0.1, 0.15) is 41.0 Å². The van der Waals surface area contributed by atoms with Crippen LogP contribution in [0.15, 0.2) is 30.3 Å². The third-order valence-corrected chi connectivity index (χ3v) is 5.29. The molecule has 0 bridgehead atoms. The number of carbonyl (C=O) groups excluding carboxylic acids is 1. The molecule has 1 fully saturated rings. The van der Waals surface area contributed by atoms with E-state index in [9.17, 15) is 9.18 Å². The molecule has 7 heteroatoms. The van der Waals surface area contributed by atoms with Gasteiger partial charge in [-0.3, -0.25) is 9.48 Å². The van der Waals surface area contributed by atoms with Gasteiger partial charge in [-0.2, -0.15) is 5.10 Å². The van der Waals surface area contributed by atoms with Crippen LogP contribution < -0.4 is 10.6 Å². The minimum absolute atomic E-state index is 0. The smallest absolute Gasteiger partial charge is 0.272 e. The molecule has 1 saturated carbocycles. The van der Waals surface area contributed by atoms with E-state index in [4.69, 9.17) is 0 Å². The minimum Gasteiger partial charge on any atom is -0.348 e. The summed E-state index contributed by atoms with van der Waals surface area (Å²) in [5.41, 5.74) is 2.69. The molecule has 5 nitrogen and oxygen atoms in total. The highest BCUT2D eigenvalue weighted by molar-refractivity contribution is 5.92. The number of hydrogen-bond donors (Lipinski definition) is 2. The van der Waals surface area contributed by atoms with Crippen LogP contribution >= 0.6 is 12.4 Å². The van der Waals surface area contributed by atoms with Crippen LogP contribution in [0.5, 0.6) is 0 Å². The van der Waals surface area contributed by atoms with Gasteiger partial charge in [0.15, 0.2) is 5.69 Å². The second-order valence-corrected chi connectivity index (χ2v) is 7.02. The van der Waals surface area contributed by atoms with Gasteiger partial charge in [0.1, 0.15) is 5.82 Å². The number of halogens is 2. The van der Waals surface area contributed by atoms with E-state index in [0.29, 0.717) is 11.6 Å². The van der Waals surface area contributed by atoms with Gasteiger partial charge < -0.3 is 10.6 Å². The third-order valence-electron chi connectivity index (χ3n) is 5.29. The minimum atomic E-state index is -0.210. The molecule has 1 aromatic heterocycles. The van der Waals surface area contributed by atoms with Gasteiger partial charge in [-0.25, -0.2) is 4.39 Å². The first-order valence-electron chi connectivity index (χ1n) is 9.02. The van der Waals surface area contributed by atoms with Crippen molar-refractivity contribution < 1.29 is 9.18 Å². The number of benzene rings is 1. The molecule has 26 heavy (non-hydrogen) atoms. The number of aromatic nitrogens is 2. The zero-order chi connectivity index (χ0) is 17.2. The van der Waals surface area contributed by atoms with Crippen molar-refractivity contribution in [3.05, 3.63) is 53.1 Å². The Morgan fingerprint density at radius 2 is 2.12 bits per heavy atom. The monoisotopic (exact) mass is 378 g/mol. The molecule has 2 N–H and O–H groups in total. The summed E-state index contributed by atoms with van der Waals surface area (Å²) in [7, 11) is 0. The number of amides is 1. The lowest BCUT2D eigenvalue weighted by Crippen LogP contribution is -2.38. The molecule has 2 aromatic rings. The molecule has 0 radical (unpaired) electrons. The Bertz CT molecular complexity index is 738. The maximum Gasteiger partial charge on any atom is 0.272 e. The van der Waals surface area contributed by atoms with E-state index in [2.05, 4.69) is 15.7 Å². The Morgan fingerprint density at radius 1 is 1.31 bits per heavy atom. The summed E-state index contributed by atoms with van der Waals surface area (Å²) < 4.78 is 15.0. The van der Waals surface area contributed by atoms with Crippen LogP contribution in [-0.2, 0) is 19.5 Å². The predicted octanol–water partition coefficient (Wildman–Crippen LogP) is 2.69. The van der Waals surface area contributed by atoms with Crippen LogP contribution in [0.3, 0.4) is 0 Å². The first-order chi connectivity index (χ1) is 12.2. The summed E-state index contributed by atoms with van der Waals surface area (Å²) in [6.07, 6.45) is 4.06. The zero-order valence-electron chi connectivity index (χ0n) is 14.6. The summed E-state index contributed by atoms with van der Waals surface area (Å²) >= 11 is 0.